The normalized spacial score (nSPS) is 11.3. The molecule has 3 nitrogen and oxygen atoms in total. The lowest BCUT2D eigenvalue weighted by Crippen LogP contribution is -2.08. The number of hydrogen-bond donors (Lipinski definition) is 2. The van der Waals surface area contributed by atoms with Crippen molar-refractivity contribution in [3.8, 4) is 0 Å². The number of carboxylic acids is 1. The van der Waals surface area contributed by atoms with Gasteiger partial charge in [-0.3, -0.25) is 4.79 Å². The molecule has 0 saturated carbocycles. The molecule has 0 aliphatic carbocycles. The van der Waals surface area contributed by atoms with Gasteiger partial charge in [0.2, 0.25) is 0 Å². The first-order valence-corrected chi connectivity index (χ1v) is 4.41. The van der Waals surface area contributed by atoms with Crippen LogP contribution in [0.25, 0.3) is 0 Å². The van der Waals surface area contributed by atoms with Crippen LogP contribution in [0.5, 0.6) is 0 Å². The van der Waals surface area contributed by atoms with E-state index in [2.05, 4.69) is 12.2 Å². The molecule has 1 atom stereocenters. The highest BCUT2D eigenvalue weighted by Crippen LogP contribution is 2.06. The van der Waals surface area contributed by atoms with E-state index in [9.17, 15) is 4.79 Å². The van der Waals surface area contributed by atoms with E-state index in [0.717, 1.165) is 19.3 Å². The van der Waals surface area contributed by atoms with E-state index in [1.807, 2.05) is 14.1 Å². The first kappa shape index (κ1) is 14.0. The molecule has 0 fully saturated rings. The number of carbonyl (C=O) groups is 1. The molecule has 0 bridgehead atoms. The zero-order valence-electron chi connectivity index (χ0n) is 8.55. The molecule has 0 aromatic heterocycles. The Labute approximate surface area is 75.2 Å². The number of hydrogen-bond acceptors (Lipinski definition) is 2. The largest absolute Gasteiger partial charge is 0.481 e. The highest BCUT2D eigenvalue weighted by atomic mass is 16.4. The standard InChI is InChI=1S/C7H14O2.C2H7N/c1-3-4-5-6(2)7(8)9;1-3-2/h6H,3-5H2,1-2H3,(H,8,9);3H,1-2H3. The van der Waals surface area contributed by atoms with Crippen molar-refractivity contribution >= 4 is 5.97 Å². The minimum atomic E-state index is -0.677. The topological polar surface area (TPSA) is 49.3 Å². The molecular formula is C9H21NO2. The van der Waals surface area contributed by atoms with Gasteiger partial charge in [-0.2, -0.15) is 0 Å². The molecular weight excluding hydrogens is 154 g/mol. The van der Waals surface area contributed by atoms with Gasteiger partial charge < -0.3 is 10.4 Å². The molecule has 0 aliphatic heterocycles. The van der Waals surface area contributed by atoms with Crippen molar-refractivity contribution in [1.82, 2.24) is 5.32 Å². The average Bonchev–Trinajstić information content (AvgIpc) is 2.01. The molecule has 0 spiro atoms. The van der Waals surface area contributed by atoms with Gasteiger partial charge in [-0.25, -0.2) is 0 Å². The maximum Gasteiger partial charge on any atom is 0.306 e. The van der Waals surface area contributed by atoms with Crippen LogP contribution in [0, 0.1) is 5.92 Å². The zero-order valence-corrected chi connectivity index (χ0v) is 8.55. The second kappa shape index (κ2) is 10.4. The van der Waals surface area contributed by atoms with Crippen LogP contribution in [0.15, 0.2) is 0 Å². The molecule has 0 aliphatic rings. The van der Waals surface area contributed by atoms with Gasteiger partial charge in [0.1, 0.15) is 0 Å². The van der Waals surface area contributed by atoms with Crippen LogP contribution in [0.3, 0.4) is 0 Å². The summed E-state index contributed by atoms with van der Waals surface area (Å²) in [5, 5.41) is 11.2. The van der Waals surface area contributed by atoms with Crippen LogP contribution < -0.4 is 5.32 Å². The first-order valence-electron chi connectivity index (χ1n) is 4.41. The minimum Gasteiger partial charge on any atom is -0.481 e. The Morgan fingerprint density at radius 3 is 2.17 bits per heavy atom. The molecule has 0 aromatic rings. The van der Waals surface area contributed by atoms with E-state index in [1.54, 1.807) is 6.92 Å². The zero-order chi connectivity index (χ0) is 9.98. The monoisotopic (exact) mass is 175 g/mol. The second-order valence-corrected chi connectivity index (χ2v) is 2.88. The molecule has 0 amide bonds. The molecule has 0 rings (SSSR count). The smallest absolute Gasteiger partial charge is 0.306 e. The minimum absolute atomic E-state index is 0.162. The Morgan fingerprint density at radius 2 is 1.92 bits per heavy atom. The van der Waals surface area contributed by atoms with Gasteiger partial charge in [0, 0.05) is 0 Å². The predicted molar refractivity (Wildman–Crippen MR) is 51.3 cm³/mol. The van der Waals surface area contributed by atoms with Crippen molar-refractivity contribution in [2.45, 2.75) is 33.1 Å². The van der Waals surface area contributed by atoms with E-state index in [-0.39, 0.29) is 5.92 Å². The Balaban J connectivity index is 0. The van der Waals surface area contributed by atoms with Crippen molar-refractivity contribution in [1.29, 1.82) is 0 Å². The van der Waals surface area contributed by atoms with Crippen molar-refractivity contribution < 1.29 is 9.90 Å². The summed E-state index contributed by atoms with van der Waals surface area (Å²) >= 11 is 0. The predicted octanol–water partition coefficient (Wildman–Crippen LogP) is 1.73. The third-order valence-electron chi connectivity index (χ3n) is 1.41. The molecule has 0 heterocycles. The second-order valence-electron chi connectivity index (χ2n) is 2.88. The number of rotatable bonds is 4. The van der Waals surface area contributed by atoms with E-state index in [0.29, 0.717) is 0 Å². The summed E-state index contributed by atoms with van der Waals surface area (Å²) in [4.78, 5) is 10.2. The Bertz CT molecular complexity index is 105. The lowest BCUT2D eigenvalue weighted by Gasteiger charge is -2.02. The molecule has 1 unspecified atom stereocenters. The Morgan fingerprint density at radius 1 is 1.50 bits per heavy atom. The summed E-state index contributed by atoms with van der Waals surface area (Å²) in [5.74, 6) is -0.839. The Kier molecular flexibility index (Phi) is 12.2. The SMILES string of the molecule is CCCCC(C)C(=O)O.CNC. The molecule has 74 valence electrons. The fourth-order valence-corrected chi connectivity index (χ4v) is 0.634. The highest BCUT2D eigenvalue weighted by Gasteiger charge is 2.08. The molecule has 0 saturated heterocycles. The van der Waals surface area contributed by atoms with Gasteiger partial charge >= 0.3 is 5.97 Å². The number of nitrogens with one attached hydrogen (secondary N) is 1. The average molecular weight is 175 g/mol. The highest BCUT2D eigenvalue weighted by molar-refractivity contribution is 5.69. The van der Waals surface area contributed by atoms with Gasteiger partial charge in [0.15, 0.2) is 0 Å². The van der Waals surface area contributed by atoms with Gasteiger partial charge in [-0.1, -0.05) is 26.7 Å². The number of unbranched alkanes of at least 4 members (excludes halogenated alkanes) is 1. The van der Waals surface area contributed by atoms with Gasteiger partial charge in [0.05, 0.1) is 5.92 Å². The summed E-state index contributed by atoms with van der Waals surface area (Å²) in [6, 6.07) is 0. The first-order chi connectivity index (χ1) is 5.59. The lowest BCUT2D eigenvalue weighted by atomic mass is 10.1. The molecule has 0 radical (unpaired) electrons. The quantitative estimate of drug-likeness (QED) is 0.684. The van der Waals surface area contributed by atoms with E-state index in [1.165, 1.54) is 0 Å². The number of carboxylic acid groups (broad SMARTS) is 1. The molecule has 3 heteroatoms. The lowest BCUT2D eigenvalue weighted by molar-refractivity contribution is -0.141. The van der Waals surface area contributed by atoms with Crippen LogP contribution in [0.4, 0.5) is 0 Å². The van der Waals surface area contributed by atoms with Gasteiger partial charge in [0.25, 0.3) is 0 Å². The van der Waals surface area contributed by atoms with Crippen molar-refractivity contribution in [2.24, 2.45) is 5.92 Å². The summed E-state index contributed by atoms with van der Waals surface area (Å²) < 4.78 is 0. The van der Waals surface area contributed by atoms with E-state index < -0.39 is 5.97 Å². The molecule has 0 aromatic carbocycles. The third-order valence-corrected chi connectivity index (χ3v) is 1.41. The van der Waals surface area contributed by atoms with Crippen LogP contribution in [-0.2, 0) is 4.79 Å². The maximum absolute atomic E-state index is 10.2. The van der Waals surface area contributed by atoms with Crippen LogP contribution in [-0.4, -0.2) is 25.2 Å². The van der Waals surface area contributed by atoms with E-state index >= 15 is 0 Å². The van der Waals surface area contributed by atoms with Crippen molar-refractivity contribution in [3.63, 3.8) is 0 Å². The van der Waals surface area contributed by atoms with Crippen LogP contribution >= 0.6 is 0 Å². The van der Waals surface area contributed by atoms with Gasteiger partial charge in [-0.05, 0) is 20.5 Å². The van der Waals surface area contributed by atoms with Crippen LogP contribution in [0.1, 0.15) is 33.1 Å². The van der Waals surface area contributed by atoms with Crippen LogP contribution in [0.2, 0.25) is 0 Å². The van der Waals surface area contributed by atoms with Gasteiger partial charge in [-0.15, -0.1) is 0 Å². The number of aliphatic carboxylic acids is 1. The van der Waals surface area contributed by atoms with Crippen molar-refractivity contribution in [2.75, 3.05) is 14.1 Å². The fourth-order valence-electron chi connectivity index (χ4n) is 0.634. The molecule has 2 N–H and O–H groups in total. The van der Waals surface area contributed by atoms with E-state index in [4.69, 9.17) is 5.11 Å². The van der Waals surface area contributed by atoms with Crippen molar-refractivity contribution in [3.05, 3.63) is 0 Å². The summed E-state index contributed by atoms with van der Waals surface area (Å²) in [6.45, 7) is 3.81. The summed E-state index contributed by atoms with van der Waals surface area (Å²) in [5.41, 5.74) is 0. The third kappa shape index (κ3) is 12.1. The summed E-state index contributed by atoms with van der Waals surface area (Å²) in [7, 11) is 3.75. The Hall–Kier alpha value is -0.570. The maximum atomic E-state index is 10.2. The fraction of sp³-hybridized carbons (Fsp3) is 0.889. The molecule has 12 heavy (non-hydrogen) atoms. The summed E-state index contributed by atoms with van der Waals surface area (Å²) in [6.07, 6.45) is 2.91.